The molecule has 0 saturated carbocycles. The molecule has 4 bridgehead atoms. The largest absolute Gasteiger partial charge is 0.366 e. The second-order valence-electron chi connectivity index (χ2n) is 12.7. The number of nitrogens with one attached hydrogen (secondary N) is 2. The molecule has 0 spiro atoms. The predicted molar refractivity (Wildman–Crippen MR) is 178 cm³/mol. The van der Waals surface area contributed by atoms with Crippen molar-refractivity contribution in [3.05, 3.63) is 59.6 Å². The number of rotatable bonds is 3. The fourth-order valence-electron chi connectivity index (χ4n) is 6.84. The summed E-state index contributed by atoms with van der Waals surface area (Å²) in [5, 5.41) is 6.77. The molecule has 236 valence electrons. The maximum atomic E-state index is 15.4. The minimum absolute atomic E-state index is 0.0593. The van der Waals surface area contributed by atoms with Crippen molar-refractivity contribution in [2.45, 2.75) is 89.8 Å². The number of benzene rings is 1. The lowest BCUT2D eigenvalue weighted by atomic mass is 9.89. The molecule has 2 fully saturated rings. The van der Waals surface area contributed by atoms with Crippen molar-refractivity contribution >= 4 is 28.0 Å². The van der Waals surface area contributed by atoms with Crippen LogP contribution in [0.25, 0.3) is 0 Å². The molecule has 4 aliphatic rings. The van der Waals surface area contributed by atoms with E-state index in [-0.39, 0.29) is 28.4 Å². The highest BCUT2D eigenvalue weighted by Gasteiger charge is 2.39. The summed E-state index contributed by atoms with van der Waals surface area (Å²) in [7, 11) is 0.273. The Hall–Kier alpha value is -2.36. The van der Waals surface area contributed by atoms with Gasteiger partial charge in [0.05, 0.1) is 5.56 Å². The van der Waals surface area contributed by atoms with Crippen LogP contribution in [0.15, 0.2) is 37.0 Å². The van der Waals surface area contributed by atoms with Crippen molar-refractivity contribution in [1.29, 1.82) is 0 Å². The van der Waals surface area contributed by atoms with E-state index in [0.29, 0.717) is 18.4 Å². The van der Waals surface area contributed by atoms with Crippen LogP contribution in [0, 0.1) is 12.8 Å². The highest BCUT2D eigenvalue weighted by molar-refractivity contribution is 8.14. The summed E-state index contributed by atoms with van der Waals surface area (Å²) in [5.41, 5.74) is 1.93. The Balaban J connectivity index is 1.41. The van der Waals surface area contributed by atoms with Crippen molar-refractivity contribution in [3.63, 3.8) is 0 Å². The molecule has 9 heteroatoms. The van der Waals surface area contributed by atoms with Crippen LogP contribution in [0.1, 0.15) is 80.3 Å². The van der Waals surface area contributed by atoms with Gasteiger partial charge < -0.3 is 15.5 Å². The molecule has 1 aromatic heterocycles. The van der Waals surface area contributed by atoms with Crippen LogP contribution in [-0.2, 0) is 19.0 Å². The van der Waals surface area contributed by atoms with Gasteiger partial charge in [-0.25, -0.2) is 18.7 Å². The second-order valence-corrected chi connectivity index (χ2v) is 14.8. The number of fused-ring (bicyclic) bond motifs is 11. The molecule has 0 atom stereocenters. The maximum absolute atomic E-state index is 15.4. The Morgan fingerprint density at radius 2 is 1.77 bits per heavy atom. The summed E-state index contributed by atoms with van der Waals surface area (Å²) < 4.78 is 30.8. The number of hydrogen-bond acceptors (Lipinski definition) is 6. The molecular formula is C34H50F2N6S. The third-order valence-electron chi connectivity index (χ3n) is 9.27. The van der Waals surface area contributed by atoms with Gasteiger partial charge in [-0.05, 0) is 80.9 Å². The fraction of sp³-hybridized carbons (Fsp3) is 0.618. The van der Waals surface area contributed by atoms with Gasteiger partial charge in [-0.2, -0.15) is 10.5 Å². The number of alkyl halides is 2. The van der Waals surface area contributed by atoms with Gasteiger partial charge in [-0.15, -0.1) is 0 Å². The molecule has 0 amide bonds. The van der Waals surface area contributed by atoms with E-state index in [0.717, 1.165) is 61.9 Å². The Bertz CT molecular complexity index is 1240. The van der Waals surface area contributed by atoms with Crippen LogP contribution < -0.4 is 10.6 Å². The smallest absolute Gasteiger partial charge is 0.273 e. The lowest BCUT2D eigenvalue weighted by Gasteiger charge is -2.41. The molecule has 2 saturated heterocycles. The first-order valence-corrected chi connectivity index (χ1v) is 17.9. The monoisotopic (exact) mass is 612 g/mol. The summed E-state index contributed by atoms with van der Waals surface area (Å²) in [6.45, 7) is 10.6. The quantitative estimate of drug-likeness (QED) is 0.353. The number of halogens is 2. The van der Waals surface area contributed by atoms with Crippen molar-refractivity contribution in [1.82, 2.24) is 19.8 Å². The van der Waals surface area contributed by atoms with Gasteiger partial charge in [-0.3, -0.25) is 4.90 Å². The van der Waals surface area contributed by atoms with Crippen LogP contribution in [0.2, 0.25) is 0 Å². The molecule has 0 radical (unpaired) electrons. The molecule has 6 rings (SSSR count). The number of anilines is 2. The van der Waals surface area contributed by atoms with E-state index in [1.165, 1.54) is 56.5 Å². The number of aromatic nitrogens is 2. The minimum atomic E-state index is -2.84. The molecule has 0 unspecified atom stereocenters. The van der Waals surface area contributed by atoms with E-state index in [9.17, 15) is 0 Å². The number of hydrogen-bond donors (Lipinski definition) is 2. The average molecular weight is 613 g/mol. The first-order valence-electron chi connectivity index (χ1n) is 16.2. The van der Waals surface area contributed by atoms with E-state index < -0.39 is 5.92 Å². The Labute approximate surface area is 259 Å². The maximum Gasteiger partial charge on any atom is 0.273 e. The molecule has 4 aliphatic heterocycles. The summed E-state index contributed by atoms with van der Waals surface area (Å²) in [6.07, 6.45) is 11.2. The lowest BCUT2D eigenvalue weighted by molar-refractivity contribution is -0.0568. The van der Waals surface area contributed by atoms with Gasteiger partial charge in [0.25, 0.3) is 5.92 Å². The molecule has 5 heterocycles. The van der Waals surface area contributed by atoms with Gasteiger partial charge in [-0.1, -0.05) is 56.3 Å². The number of nitrogens with zero attached hydrogens (tertiary/aromatic N) is 4. The summed E-state index contributed by atoms with van der Waals surface area (Å²) in [6, 6.07) is 7.42. The van der Waals surface area contributed by atoms with Crippen molar-refractivity contribution in [2.24, 2.45) is 5.92 Å². The normalized spacial score (nSPS) is 27.7. The molecule has 0 aliphatic carbocycles. The average Bonchev–Trinajstić information content (AvgIpc) is 2.96. The first kappa shape index (κ1) is 32.0. The molecular weight excluding hydrogens is 562 g/mol. The Kier molecular flexibility index (Phi) is 11.2. The van der Waals surface area contributed by atoms with Crippen LogP contribution >= 0.6 is 10.5 Å². The predicted octanol–water partition coefficient (Wildman–Crippen LogP) is 7.39. The topological polar surface area (TPSA) is 56.3 Å². The van der Waals surface area contributed by atoms with Gasteiger partial charge in [0.2, 0.25) is 0 Å². The third-order valence-corrected chi connectivity index (χ3v) is 10.9. The molecule has 2 N–H and O–H groups in total. The lowest BCUT2D eigenvalue weighted by Crippen LogP contribution is -2.48. The van der Waals surface area contributed by atoms with Crippen molar-refractivity contribution in [3.8, 4) is 0 Å². The zero-order valence-electron chi connectivity index (χ0n) is 25.9. The first-order chi connectivity index (χ1) is 20.8. The van der Waals surface area contributed by atoms with E-state index in [2.05, 4.69) is 32.9 Å². The van der Waals surface area contributed by atoms with Crippen LogP contribution in [0.4, 0.5) is 20.4 Å². The summed E-state index contributed by atoms with van der Waals surface area (Å²) in [5.74, 6) is 6.11. The SMILES string of the molecule is C=CNc1nc(C)nc2c1CN(C1CCS(=C)CC1)CCCCCCCCN1CC(C1)CC(F)(F)c1cccc(c1)CN2. The van der Waals surface area contributed by atoms with E-state index in [1.54, 1.807) is 24.4 Å². The number of aryl methyl sites for hydroxylation is 1. The van der Waals surface area contributed by atoms with E-state index >= 15 is 8.78 Å². The van der Waals surface area contributed by atoms with Gasteiger partial charge in [0.1, 0.15) is 17.5 Å². The molecule has 1 aromatic carbocycles. The van der Waals surface area contributed by atoms with E-state index in [1.807, 2.05) is 13.0 Å². The minimum Gasteiger partial charge on any atom is -0.366 e. The fourth-order valence-corrected chi connectivity index (χ4v) is 8.25. The molecule has 6 nitrogen and oxygen atoms in total. The zero-order chi connectivity index (χ0) is 30.2. The molecule has 43 heavy (non-hydrogen) atoms. The van der Waals surface area contributed by atoms with Gasteiger partial charge in [0.15, 0.2) is 0 Å². The van der Waals surface area contributed by atoms with Gasteiger partial charge in [0, 0.05) is 44.2 Å². The molecule has 2 aromatic rings. The zero-order valence-corrected chi connectivity index (χ0v) is 26.7. The Morgan fingerprint density at radius 1 is 1.05 bits per heavy atom. The highest BCUT2D eigenvalue weighted by atomic mass is 32.2. The van der Waals surface area contributed by atoms with Gasteiger partial charge >= 0.3 is 0 Å². The second kappa shape index (κ2) is 15.1. The van der Waals surface area contributed by atoms with Crippen molar-refractivity contribution in [2.75, 3.05) is 48.3 Å². The third kappa shape index (κ3) is 8.85. The highest BCUT2D eigenvalue weighted by Crippen LogP contribution is 2.38. The van der Waals surface area contributed by atoms with Crippen LogP contribution in [-0.4, -0.2) is 69.4 Å². The Morgan fingerprint density at radius 3 is 2.51 bits per heavy atom. The van der Waals surface area contributed by atoms with Crippen LogP contribution in [0.5, 0.6) is 0 Å². The summed E-state index contributed by atoms with van der Waals surface area (Å²) in [4.78, 5) is 14.5. The van der Waals surface area contributed by atoms with Crippen LogP contribution in [0.3, 0.4) is 0 Å². The summed E-state index contributed by atoms with van der Waals surface area (Å²) >= 11 is 0. The van der Waals surface area contributed by atoms with E-state index in [4.69, 9.17) is 9.97 Å². The standard InChI is InChI=1S/C34H50F2N6S/c1-4-37-32-31-25-42(30-14-18-43(3)19-15-30)17-10-8-6-5-7-9-16-41-23-28(24-41)21-34(35,36)29-13-11-12-27(20-29)22-38-33(31)40-26(2)39-32/h4,11-13,20,28,30H,1,3,5-10,14-19,21-25H2,2H3,(H2,37,38,39,40). The van der Waals surface area contributed by atoms with Crippen molar-refractivity contribution < 1.29 is 8.78 Å².